The summed E-state index contributed by atoms with van der Waals surface area (Å²) in [7, 11) is 3.70. The van der Waals surface area contributed by atoms with Crippen LogP contribution in [0, 0.1) is 6.92 Å². The van der Waals surface area contributed by atoms with Crippen molar-refractivity contribution >= 4 is 47.2 Å². The van der Waals surface area contributed by atoms with E-state index in [9.17, 15) is 0 Å². The number of aromatic nitrogens is 3. The maximum atomic E-state index is 6.16. The predicted molar refractivity (Wildman–Crippen MR) is 117 cm³/mol. The van der Waals surface area contributed by atoms with E-state index in [1.165, 1.54) is 11.3 Å². The van der Waals surface area contributed by atoms with E-state index >= 15 is 0 Å². The van der Waals surface area contributed by atoms with E-state index in [-0.39, 0.29) is 24.0 Å². The topological polar surface area (TPSA) is 61.6 Å². The van der Waals surface area contributed by atoms with Crippen LogP contribution in [-0.4, -0.2) is 58.9 Å². The van der Waals surface area contributed by atoms with E-state index in [1.54, 1.807) is 11.0 Å². The molecule has 1 N–H and O–H groups in total. The van der Waals surface area contributed by atoms with Crippen LogP contribution in [0.4, 0.5) is 5.69 Å². The fourth-order valence-corrected chi connectivity index (χ4v) is 3.22. The van der Waals surface area contributed by atoms with Crippen molar-refractivity contribution in [2.75, 3.05) is 38.1 Å². The summed E-state index contributed by atoms with van der Waals surface area (Å²) in [5, 5.41) is 8.24. The van der Waals surface area contributed by atoms with Crippen molar-refractivity contribution in [3.8, 4) is 0 Å². The molecule has 0 saturated carbocycles. The van der Waals surface area contributed by atoms with Gasteiger partial charge in [-0.05, 0) is 24.6 Å². The Morgan fingerprint density at radius 1 is 1.27 bits per heavy atom. The van der Waals surface area contributed by atoms with Gasteiger partial charge in [0.05, 0.1) is 6.54 Å². The summed E-state index contributed by atoms with van der Waals surface area (Å²) in [6, 6.07) is 6.06. The van der Waals surface area contributed by atoms with Crippen molar-refractivity contribution in [2.45, 2.75) is 13.5 Å². The number of nitrogens with one attached hydrogen (secondary N) is 1. The zero-order valence-corrected chi connectivity index (χ0v) is 18.4. The zero-order valence-electron chi connectivity index (χ0n) is 15.3. The van der Waals surface area contributed by atoms with Crippen molar-refractivity contribution in [1.82, 2.24) is 25.0 Å². The van der Waals surface area contributed by atoms with E-state index in [2.05, 4.69) is 43.2 Å². The maximum Gasteiger partial charge on any atom is 0.194 e. The molecule has 0 radical (unpaired) electrons. The molecule has 2 aromatic rings. The van der Waals surface area contributed by atoms with Crippen LogP contribution in [0.15, 0.2) is 29.5 Å². The lowest BCUT2D eigenvalue weighted by molar-refractivity contribution is 0.371. The third-order valence-corrected chi connectivity index (χ3v) is 4.75. The number of benzene rings is 1. The second-order valence-electron chi connectivity index (χ2n) is 6.11. The summed E-state index contributed by atoms with van der Waals surface area (Å²) in [5.41, 5.74) is 2.47. The molecule has 1 aliphatic rings. The van der Waals surface area contributed by atoms with Gasteiger partial charge >= 0.3 is 0 Å². The second-order valence-corrected chi connectivity index (χ2v) is 6.54. The smallest absolute Gasteiger partial charge is 0.194 e. The number of aliphatic imine (C=N–C) groups is 1. The highest BCUT2D eigenvalue weighted by atomic mass is 127. The normalized spacial score (nSPS) is 15.0. The van der Waals surface area contributed by atoms with Crippen LogP contribution in [0.2, 0.25) is 5.02 Å². The van der Waals surface area contributed by atoms with Gasteiger partial charge in [-0.2, -0.15) is 5.10 Å². The summed E-state index contributed by atoms with van der Waals surface area (Å²) in [6.07, 6.45) is 1.56. The molecule has 1 aromatic heterocycles. The lowest BCUT2D eigenvalue weighted by Crippen LogP contribution is -2.52. The summed E-state index contributed by atoms with van der Waals surface area (Å²) >= 11 is 6.16. The minimum absolute atomic E-state index is 0. The van der Waals surface area contributed by atoms with E-state index < -0.39 is 0 Å². The molecule has 0 amide bonds. The Labute approximate surface area is 176 Å². The molecular formula is C17H25ClIN7. The van der Waals surface area contributed by atoms with Crippen molar-refractivity contribution in [3.05, 3.63) is 40.9 Å². The van der Waals surface area contributed by atoms with Crippen LogP contribution >= 0.6 is 35.6 Å². The van der Waals surface area contributed by atoms with Gasteiger partial charge in [-0.25, -0.2) is 4.98 Å². The van der Waals surface area contributed by atoms with E-state index in [0.29, 0.717) is 6.54 Å². The monoisotopic (exact) mass is 489 g/mol. The van der Waals surface area contributed by atoms with Gasteiger partial charge in [-0.15, -0.1) is 24.0 Å². The largest absolute Gasteiger partial charge is 0.368 e. The first kappa shape index (κ1) is 20.8. The molecule has 1 fully saturated rings. The van der Waals surface area contributed by atoms with Gasteiger partial charge in [0.25, 0.3) is 0 Å². The Bertz CT molecular complexity index is 753. The van der Waals surface area contributed by atoms with Gasteiger partial charge in [0.15, 0.2) is 5.96 Å². The van der Waals surface area contributed by atoms with E-state index in [1.807, 2.05) is 26.2 Å². The average Bonchev–Trinajstić information content (AvgIpc) is 3.03. The Kier molecular flexibility index (Phi) is 7.51. The number of hydrogen-bond donors (Lipinski definition) is 1. The fraction of sp³-hybridized carbons (Fsp3) is 0.471. The second kappa shape index (κ2) is 9.40. The molecule has 0 aliphatic carbocycles. The van der Waals surface area contributed by atoms with Gasteiger partial charge in [-0.3, -0.25) is 9.67 Å². The molecule has 2 heterocycles. The number of aryl methyl sites for hydroxylation is 2. The molecular weight excluding hydrogens is 465 g/mol. The molecule has 1 aliphatic heterocycles. The van der Waals surface area contributed by atoms with E-state index in [4.69, 9.17) is 11.6 Å². The van der Waals surface area contributed by atoms with Gasteiger partial charge in [-0.1, -0.05) is 17.7 Å². The summed E-state index contributed by atoms with van der Waals surface area (Å²) in [5.74, 6) is 1.78. The van der Waals surface area contributed by atoms with Crippen LogP contribution < -0.4 is 10.2 Å². The molecule has 142 valence electrons. The molecule has 3 rings (SSSR count). The van der Waals surface area contributed by atoms with Crippen molar-refractivity contribution in [1.29, 1.82) is 0 Å². The highest BCUT2D eigenvalue weighted by molar-refractivity contribution is 14.0. The first-order valence-corrected chi connectivity index (χ1v) is 8.76. The number of rotatable bonds is 3. The van der Waals surface area contributed by atoms with Gasteiger partial charge < -0.3 is 15.1 Å². The summed E-state index contributed by atoms with van der Waals surface area (Å²) < 4.78 is 1.76. The lowest BCUT2D eigenvalue weighted by atomic mass is 10.1. The SMILES string of the molecule is CN=C(NCc1ncnn1C)N1CCN(c2cc(Cl)ccc2C)CC1.I. The Balaban J connectivity index is 0.00000243. The quantitative estimate of drug-likeness (QED) is 0.407. The molecule has 0 unspecified atom stereocenters. The van der Waals surface area contributed by atoms with Crippen LogP contribution in [-0.2, 0) is 13.6 Å². The Hall–Kier alpha value is -1.55. The zero-order chi connectivity index (χ0) is 17.8. The number of nitrogens with zero attached hydrogens (tertiary/aromatic N) is 6. The standard InChI is InChI=1S/C17H24ClN7.HI/c1-13-4-5-14(18)10-15(13)24-6-8-25(9-7-24)17(19-2)20-11-16-21-12-22-23(16)3;/h4-5,10,12H,6-9,11H2,1-3H3,(H,19,20);1H. The first-order chi connectivity index (χ1) is 12.1. The Morgan fingerprint density at radius 3 is 2.62 bits per heavy atom. The molecule has 0 spiro atoms. The van der Waals surface area contributed by atoms with Gasteiger partial charge in [0.1, 0.15) is 12.2 Å². The highest BCUT2D eigenvalue weighted by Gasteiger charge is 2.21. The molecule has 1 saturated heterocycles. The molecule has 0 atom stereocenters. The average molecular weight is 490 g/mol. The molecule has 26 heavy (non-hydrogen) atoms. The van der Waals surface area contributed by atoms with E-state index in [0.717, 1.165) is 43.0 Å². The number of anilines is 1. The maximum absolute atomic E-state index is 6.16. The molecule has 7 nitrogen and oxygen atoms in total. The summed E-state index contributed by atoms with van der Waals surface area (Å²) in [4.78, 5) is 13.3. The molecule has 1 aromatic carbocycles. The summed E-state index contributed by atoms with van der Waals surface area (Å²) in [6.45, 7) is 6.42. The molecule has 0 bridgehead atoms. The number of piperazine rings is 1. The van der Waals surface area contributed by atoms with Gasteiger partial charge in [0.2, 0.25) is 0 Å². The van der Waals surface area contributed by atoms with Crippen LogP contribution in [0.1, 0.15) is 11.4 Å². The highest BCUT2D eigenvalue weighted by Crippen LogP contribution is 2.25. The molecule has 9 heteroatoms. The van der Waals surface area contributed by atoms with Crippen LogP contribution in [0.5, 0.6) is 0 Å². The van der Waals surface area contributed by atoms with Crippen molar-refractivity contribution in [3.63, 3.8) is 0 Å². The third-order valence-electron chi connectivity index (χ3n) is 4.51. The number of halogens is 2. The predicted octanol–water partition coefficient (Wildman–Crippen LogP) is 2.29. The van der Waals surface area contributed by atoms with Crippen LogP contribution in [0.25, 0.3) is 0 Å². The number of guanidine groups is 1. The van der Waals surface area contributed by atoms with Crippen LogP contribution in [0.3, 0.4) is 0 Å². The van der Waals surface area contributed by atoms with Crippen molar-refractivity contribution < 1.29 is 0 Å². The lowest BCUT2D eigenvalue weighted by Gasteiger charge is -2.38. The van der Waals surface area contributed by atoms with Gasteiger partial charge in [0, 0.05) is 51.0 Å². The van der Waals surface area contributed by atoms with Crippen molar-refractivity contribution in [2.24, 2.45) is 12.0 Å². The first-order valence-electron chi connectivity index (χ1n) is 8.38. The number of hydrogen-bond acceptors (Lipinski definition) is 4. The fourth-order valence-electron chi connectivity index (χ4n) is 3.05. The third kappa shape index (κ3) is 4.79. The Morgan fingerprint density at radius 2 is 2.00 bits per heavy atom. The minimum Gasteiger partial charge on any atom is -0.368 e. The minimum atomic E-state index is 0.